The van der Waals surface area contributed by atoms with Gasteiger partial charge >= 0.3 is 7.48 Å². The van der Waals surface area contributed by atoms with Crippen LogP contribution in [0.1, 0.15) is 27.7 Å². The molecule has 0 atom stereocenters. The first-order chi connectivity index (χ1) is 12.1. The van der Waals surface area contributed by atoms with Crippen molar-refractivity contribution in [2.45, 2.75) is 38.9 Å². The standard InChI is InChI=1S/C20H22BF2NO2/c1-19(2,25)20(3,4)26-21-13-8-9-16-12(10-13)11-17(24-16)18-14(22)6-5-7-15(18)23/h5-11,21,24-25H,1-4H3. The molecule has 3 aromatic rings. The van der Waals surface area contributed by atoms with E-state index < -0.39 is 22.8 Å². The van der Waals surface area contributed by atoms with Gasteiger partial charge in [0.2, 0.25) is 0 Å². The predicted molar refractivity (Wildman–Crippen MR) is 102 cm³/mol. The number of hydrogen-bond acceptors (Lipinski definition) is 2. The summed E-state index contributed by atoms with van der Waals surface area (Å²) in [6.07, 6.45) is 0. The van der Waals surface area contributed by atoms with E-state index in [-0.39, 0.29) is 5.56 Å². The second-order valence-corrected chi connectivity index (χ2v) is 7.56. The van der Waals surface area contributed by atoms with Crippen LogP contribution < -0.4 is 5.46 Å². The molecule has 26 heavy (non-hydrogen) atoms. The second-order valence-electron chi connectivity index (χ2n) is 7.56. The van der Waals surface area contributed by atoms with Crippen LogP contribution in [0.15, 0.2) is 42.5 Å². The Morgan fingerprint density at radius 1 is 1.00 bits per heavy atom. The molecule has 0 amide bonds. The van der Waals surface area contributed by atoms with Crippen molar-refractivity contribution in [3.63, 3.8) is 0 Å². The smallest absolute Gasteiger partial charge is 0.309 e. The van der Waals surface area contributed by atoms with Crippen molar-refractivity contribution < 1.29 is 18.5 Å². The van der Waals surface area contributed by atoms with Crippen LogP contribution >= 0.6 is 0 Å². The van der Waals surface area contributed by atoms with Crippen molar-refractivity contribution >= 4 is 23.8 Å². The van der Waals surface area contributed by atoms with E-state index >= 15 is 0 Å². The number of aromatic amines is 1. The number of benzene rings is 2. The molecule has 0 unspecified atom stereocenters. The maximum Gasteiger partial charge on any atom is 0.309 e. The summed E-state index contributed by atoms with van der Waals surface area (Å²) in [6.45, 7) is 7.08. The van der Waals surface area contributed by atoms with Crippen LogP contribution in [-0.2, 0) is 4.65 Å². The minimum Gasteiger partial charge on any atom is -0.427 e. The Kier molecular flexibility index (Phi) is 4.67. The van der Waals surface area contributed by atoms with E-state index in [9.17, 15) is 13.9 Å². The molecule has 1 aromatic heterocycles. The number of aromatic nitrogens is 1. The summed E-state index contributed by atoms with van der Waals surface area (Å²) >= 11 is 0. The van der Waals surface area contributed by atoms with Crippen LogP contribution in [0, 0.1) is 11.6 Å². The van der Waals surface area contributed by atoms with Crippen molar-refractivity contribution in [3.05, 3.63) is 54.1 Å². The van der Waals surface area contributed by atoms with E-state index in [1.807, 2.05) is 32.0 Å². The molecular weight excluding hydrogens is 335 g/mol. The Balaban J connectivity index is 1.89. The first-order valence-electron chi connectivity index (χ1n) is 8.51. The van der Waals surface area contributed by atoms with Crippen molar-refractivity contribution in [1.82, 2.24) is 4.98 Å². The van der Waals surface area contributed by atoms with Gasteiger partial charge < -0.3 is 14.7 Å². The molecule has 3 rings (SSSR count). The van der Waals surface area contributed by atoms with E-state index in [1.165, 1.54) is 18.2 Å². The summed E-state index contributed by atoms with van der Waals surface area (Å²) in [5.41, 5.74) is 0.320. The minimum absolute atomic E-state index is 0.0651. The highest BCUT2D eigenvalue weighted by molar-refractivity contribution is 6.47. The molecule has 6 heteroatoms. The Labute approximate surface area is 152 Å². The topological polar surface area (TPSA) is 45.2 Å². The highest BCUT2D eigenvalue weighted by Gasteiger charge is 2.35. The molecule has 0 aliphatic heterocycles. The SMILES string of the molecule is CC(C)(O)C(C)(C)OBc1ccc2[nH]c(-c3c(F)cccc3F)cc2c1. The van der Waals surface area contributed by atoms with Gasteiger partial charge in [-0.05, 0) is 57.3 Å². The second kappa shape index (κ2) is 6.52. The molecule has 0 aliphatic rings. The maximum absolute atomic E-state index is 14.0. The Morgan fingerprint density at radius 3 is 2.27 bits per heavy atom. The monoisotopic (exact) mass is 357 g/mol. The molecule has 0 fully saturated rings. The zero-order valence-electron chi connectivity index (χ0n) is 15.4. The van der Waals surface area contributed by atoms with E-state index in [4.69, 9.17) is 4.65 Å². The number of rotatable bonds is 5. The molecule has 0 saturated heterocycles. The van der Waals surface area contributed by atoms with Crippen LogP contribution in [0.4, 0.5) is 8.78 Å². The molecular formula is C20H22BF2NO2. The number of aliphatic hydroxyl groups is 1. The van der Waals surface area contributed by atoms with Crippen LogP contribution in [0.3, 0.4) is 0 Å². The number of H-pyrrole nitrogens is 1. The molecule has 3 nitrogen and oxygen atoms in total. The van der Waals surface area contributed by atoms with Gasteiger partial charge in [0.25, 0.3) is 0 Å². The van der Waals surface area contributed by atoms with Gasteiger partial charge in [0.1, 0.15) is 11.6 Å². The van der Waals surface area contributed by atoms with E-state index in [1.54, 1.807) is 19.9 Å². The zero-order valence-corrected chi connectivity index (χ0v) is 15.4. The third-order valence-electron chi connectivity index (χ3n) is 4.99. The average molecular weight is 357 g/mol. The molecule has 0 spiro atoms. The summed E-state index contributed by atoms with van der Waals surface area (Å²) in [5.74, 6) is -1.21. The lowest BCUT2D eigenvalue weighted by Crippen LogP contribution is -2.49. The van der Waals surface area contributed by atoms with Crippen LogP contribution in [0.5, 0.6) is 0 Å². The van der Waals surface area contributed by atoms with Crippen molar-refractivity contribution in [2.75, 3.05) is 0 Å². The van der Waals surface area contributed by atoms with Crippen molar-refractivity contribution in [3.8, 4) is 11.3 Å². The Hall–Kier alpha value is -2.18. The third kappa shape index (κ3) is 3.52. The highest BCUT2D eigenvalue weighted by Crippen LogP contribution is 2.28. The third-order valence-corrected chi connectivity index (χ3v) is 4.99. The average Bonchev–Trinajstić information content (AvgIpc) is 2.94. The lowest BCUT2D eigenvalue weighted by Gasteiger charge is -2.37. The zero-order chi connectivity index (χ0) is 19.1. The first kappa shape index (κ1) is 18.6. The Morgan fingerprint density at radius 2 is 1.65 bits per heavy atom. The molecule has 0 radical (unpaired) electrons. The van der Waals surface area contributed by atoms with Gasteiger partial charge in [0.05, 0.1) is 22.5 Å². The molecule has 2 aromatic carbocycles. The van der Waals surface area contributed by atoms with Gasteiger partial charge in [-0.15, -0.1) is 0 Å². The lowest BCUT2D eigenvalue weighted by atomic mass is 9.82. The summed E-state index contributed by atoms with van der Waals surface area (Å²) in [5, 5.41) is 11.0. The first-order valence-corrected chi connectivity index (χ1v) is 8.51. The molecule has 2 N–H and O–H groups in total. The molecule has 0 saturated carbocycles. The fourth-order valence-electron chi connectivity index (χ4n) is 2.60. The number of nitrogens with one attached hydrogen (secondary N) is 1. The van der Waals surface area contributed by atoms with Gasteiger partial charge in [0, 0.05) is 5.52 Å². The molecule has 0 bridgehead atoms. The van der Waals surface area contributed by atoms with E-state index in [2.05, 4.69) is 4.98 Å². The number of fused-ring (bicyclic) bond motifs is 1. The van der Waals surface area contributed by atoms with Crippen LogP contribution in [0.2, 0.25) is 0 Å². The van der Waals surface area contributed by atoms with Crippen molar-refractivity contribution in [1.29, 1.82) is 0 Å². The van der Waals surface area contributed by atoms with E-state index in [0.29, 0.717) is 13.2 Å². The number of halogens is 2. The van der Waals surface area contributed by atoms with Crippen molar-refractivity contribution in [2.24, 2.45) is 0 Å². The predicted octanol–water partition coefficient (Wildman–Crippen LogP) is 3.66. The van der Waals surface area contributed by atoms with E-state index in [0.717, 1.165) is 16.4 Å². The normalized spacial score (nSPS) is 12.6. The largest absolute Gasteiger partial charge is 0.427 e. The minimum atomic E-state index is -0.985. The van der Waals surface area contributed by atoms with Gasteiger partial charge in [0.15, 0.2) is 0 Å². The highest BCUT2D eigenvalue weighted by atomic mass is 19.1. The summed E-state index contributed by atoms with van der Waals surface area (Å²) in [4.78, 5) is 3.06. The quantitative estimate of drug-likeness (QED) is 0.685. The fraction of sp³-hybridized carbons (Fsp3) is 0.300. The lowest BCUT2D eigenvalue weighted by molar-refractivity contribution is -0.0893. The van der Waals surface area contributed by atoms with Crippen LogP contribution in [0.25, 0.3) is 22.2 Å². The van der Waals surface area contributed by atoms with Gasteiger partial charge in [-0.25, -0.2) is 8.78 Å². The molecule has 0 aliphatic carbocycles. The molecule has 136 valence electrons. The fourth-order valence-corrected chi connectivity index (χ4v) is 2.60. The Bertz CT molecular complexity index is 924. The van der Waals surface area contributed by atoms with Gasteiger partial charge in [-0.3, -0.25) is 0 Å². The summed E-state index contributed by atoms with van der Waals surface area (Å²) < 4.78 is 33.9. The molecule has 1 heterocycles. The summed E-state index contributed by atoms with van der Waals surface area (Å²) in [7, 11) is 0.321. The van der Waals surface area contributed by atoms with Gasteiger partial charge in [-0.1, -0.05) is 23.7 Å². The van der Waals surface area contributed by atoms with Crippen LogP contribution in [-0.4, -0.2) is 28.8 Å². The maximum atomic E-state index is 14.0. The van der Waals surface area contributed by atoms with Gasteiger partial charge in [-0.2, -0.15) is 0 Å². The number of hydrogen-bond donors (Lipinski definition) is 2. The summed E-state index contributed by atoms with van der Waals surface area (Å²) in [6, 6.07) is 11.2.